The summed E-state index contributed by atoms with van der Waals surface area (Å²) in [5, 5.41) is 3.51. The molecule has 0 unspecified atom stereocenters. The van der Waals surface area contributed by atoms with Gasteiger partial charge >= 0.3 is 0 Å². The largest absolute Gasteiger partial charge is 0.468 e. The van der Waals surface area contributed by atoms with Crippen LogP contribution in [0.1, 0.15) is 5.76 Å². The first-order valence-corrected chi connectivity index (χ1v) is 5.67. The highest BCUT2D eigenvalue weighted by molar-refractivity contribution is 7.98. The SMILES string of the molecule is [N-]=[N+]=Nc1ccc(SCc2ccco2)cc1. The first-order chi connectivity index (χ1) is 7.88. The quantitative estimate of drug-likeness (QED) is 0.336. The lowest BCUT2D eigenvalue weighted by Crippen LogP contribution is -1.75. The molecule has 0 amide bonds. The van der Waals surface area contributed by atoms with Gasteiger partial charge in [-0.1, -0.05) is 17.2 Å². The van der Waals surface area contributed by atoms with Crippen LogP contribution >= 0.6 is 11.8 Å². The van der Waals surface area contributed by atoms with Crippen LogP contribution in [-0.4, -0.2) is 0 Å². The van der Waals surface area contributed by atoms with Crippen LogP contribution in [0.5, 0.6) is 0 Å². The molecule has 80 valence electrons. The van der Waals surface area contributed by atoms with E-state index in [0.717, 1.165) is 16.4 Å². The summed E-state index contributed by atoms with van der Waals surface area (Å²) in [6.45, 7) is 0. The second-order valence-electron chi connectivity index (χ2n) is 3.05. The zero-order chi connectivity index (χ0) is 11.2. The van der Waals surface area contributed by atoms with Crippen LogP contribution in [0, 0.1) is 0 Å². The summed E-state index contributed by atoms with van der Waals surface area (Å²) >= 11 is 1.68. The van der Waals surface area contributed by atoms with Gasteiger partial charge in [0.05, 0.1) is 12.0 Å². The number of nitrogens with zero attached hydrogens (tertiary/aromatic N) is 3. The molecule has 0 spiro atoms. The van der Waals surface area contributed by atoms with Crippen LogP contribution in [0.4, 0.5) is 5.69 Å². The van der Waals surface area contributed by atoms with E-state index in [1.807, 2.05) is 24.3 Å². The lowest BCUT2D eigenvalue weighted by Gasteiger charge is -1.99. The van der Waals surface area contributed by atoms with Gasteiger partial charge < -0.3 is 4.42 Å². The van der Waals surface area contributed by atoms with Gasteiger partial charge in [-0.25, -0.2) is 0 Å². The predicted molar refractivity (Wildman–Crippen MR) is 63.5 cm³/mol. The molecule has 0 saturated carbocycles. The maximum atomic E-state index is 8.26. The average molecular weight is 231 g/mol. The first kappa shape index (κ1) is 10.7. The number of furan rings is 1. The molecule has 0 aliphatic carbocycles. The zero-order valence-corrected chi connectivity index (χ0v) is 9.22. The van der Waals surface area contributed by atoms with E-state index >= 15 is 0 Å². The minimum atomic E-state index is 0.629. The van der Waals surface area contributed by atoms with E-state index in [1.54, 1.807) is 30.2 Å². The molecule has 16 heavy (non-hydrogen) atoms. The fourth-order valence-electron chi connectivity index (χ4n) is 1.21. The average Bonchev–Trinajstić information content (AvgIpc) is 2.82. The molecule has 0 saturated heterocycles. The van der Waals surface area contributed by atoms with Crippen LogP contribution in [0.2, 0.25) is 0 Å². The third-order valence-electron chi connectivity index (χ3n) is 1.96. The van der Waals surface area contributed by atoms with E-state index in [9.17, 15) is 0 Å². The minimum absolute atomic E-state index is 0.629. The third kappa shape index (κ3) is 2.82. The topological polar surface area (TPSA) is 61.9 Å². The second kappa shape index (κ2) is 5.30. The lowest BCUT2D eigenvalue weighted by atomic mass is 10.3. The van der Waals surface area contributed by atoms with Gasteiger partial charge in [-0.15, -0.1) is 11.8 Å². The normalized spacial score (nSPS) is 9.75. The van der Waals surface area contributed by atoms with Crippen molar-refractivity contribution in [2.45, 2.75) is 10.6 Å². The zero-order valence-electron chi connectivity index (χ0n) is 8.41. The summed E-state index contributed by atoms with van der Waals surface area (Å²) in [5.41, 5.74) is 8.89. The van der Waals surface area contributed by atoms with Crippen molar-refractivity contribution in [1.82, 2.24) is 0 Å². The van der Waals surface area contributed by atoms with E-state index in [-0.39, 0.29) is 0 Å². The second-order valence-corrected chi connectivity index (χ2v) is 4.10. The Morgan fingerprint density at radius 3 is 2.69 bits per heavy atom. The molecule has 1 aromatic heterocycles. The van der Waals surface area contributed by atoms with Gasteiger partial charge in [-0.2, -0.15) is 0 Å². The molecule has 0 bridgehead atoms. The summed E-state index contributed by atoms with van der Waals surface area (Å²) in [4.78, 5) is 3.84. The smallest absolute Gasteiger partial charge is 0.113 e. The molecule has 2 rings (SSSR count). The van der Waals surface area contributed by atoms with Gasteiger partial charge in [-0.05, 0) is 29.8 Å². The number of hydrogen-bond acceptors (Lipinski definition) is 3. The number of azide groups is 1. The Morgan fingerprint density at radius 1 is 1.25 bits per heavy atom. The van der Waals surface area contributed by atoms with Crippen molar-refractivity contribution in [2.24, 2.45) is 5.11 Å². The van der Waals surface area contributed by atoms with E-state index in [2.05, 4.69) is 10.0 Å². The first-order valence-electron chi connectivity index (χ1n) is 4.69. The van der Waals surface area contributed by atoms with Crippen molar-refractivity contribution in [2.75, 3.05) is 0 Å². The Labute approximate surface area is 96.9 Å². The van der Waals surface area contributed by atoms with Gasteiger partial charge in [0.25, 0.3) is 0 Å². The summed E-state index contributed by atoms with van der Waals surface area (Å²) in [6, 6.07) is 11.3. The van der Waals surface area contributed by atoms with Gasteiger partial charge in [0.15, 0.2) is 0 Å². The lowest BCUT2D eigenvalue weighted by molar-refractivity contribution is 0.530. The monoisotopic (exact) mass is 231 g/mol. The fraction of sp³-hybridized carbons (Fsp3) is 0.0909. The highest BCUT2D eigenvalue weighted by Crippen LogP contribution is 2.25. The number of hydrogen-bond donors (Lipinski definition) is 0. The molecule has 4 nitrogen and oxygen atoms in total. The Kier molecular flexibility index (Phi) is 3.53. The maximum Gasteiger partial charge on any atom is 0.113 e. The summed E-state index contributed by atoms with van der Waals surface area (Å²) in [5.74, 6) is 1.75. The predicted octanol–water partition coefficient (Wildman–Crippen LogP) is 4.51. The van der Waals surface area contributed by atoms with Gasteiger partial charge in [0, 0.05) is 15.5 Å². The third-order valence-corrected chi connectivity index (χ3v) is 2.99. The molecule has 5 heteroatoms. The van der Waals surface area contributed by atoms with Crippen LogP contribution in [0.25, 0.3) is 10.4 Å². The highest BCUT2D eigenvalue weighted by Gasteiger charge is 1.98. The van der Waals surface area contributed by atoms with Crippen LogP contribution in [0.3, 0.4) is 0 Å². The van der Waals surface area contributed by atoms with Gasteiger partial charge in [0.2, 0.25) is 0 Å². The van der Waals surface area contributed by atoms with Crippen molar-refractivity contribution in [3.63, 3.8) is 0 Å². The Morgan fingerprint density at radius 2 is 2.06 bits per heavy atom. The molecule has 0 atom stereocenters. The van der Waals surface area contributed by atoms with Crippen molar-refractivity contribution in [3.8, 4) is 0 Å². The number of benzene rings is 1. The molecule has 1 aromatic carbocycles. The van der Waals surface area contributed by atoms with Crippen LogP contribution in [-0.2, 0) is 5.75 Å². The number of thioether (sulfide) groups is 1. The summed E-state index contributed by atoms with van der Waals surface area (Å²) in [7, 11) is 0. The van der Waals surface area contributed by atoms with Crippen LogP contribution in [0.15, 0.2) is 57.1 Å². The molecule has 0 fully saturated rings. The molecule has 0 N–H and O–H groups in total. The van der Waals surface area contributed by atoms with E-state index in [0.29, 0.717) is 5.69 Å². The Balaban J connectivity index is 1.97. The molecule has 0 aliphatic rings. The van der Waals surface area contributed by atoms with E-state index < -0.39 is 0 Å². The molecule has 1 heterocycles. The Hall–Kier alpha value is -1.84. The molecular formula is C11H9N3OS. The molecule has 2 aromatic rings. The molecule has 0 radical (unpaired) electrons. The Bertz CT molecular complexity index is 486. The van der Waals surface area contributed by atoms with Crippen LogP contribution < -0.4 is 0 Å². The fourth-order valence-corrected chi connectivity index (χ4v) is 2.01. The van der Waals surface area contributed by atoms with Gasteiger partial charge in [0.1, 0.15) is 5.76 Å². The molecular weight excluding hydrogens is 222 g/mol. The minimum Gasteiger partial charge on any atom is -0.468 e. The van der Waals surface area contributed by atoms with Gasteiger partial charge in [-0.3, -0.25) is 0 Å². The summed E-state index contributed by atoms with van der Waals surface area (Å²) in [6.07, 6.45) is 1.67. The van der Waals surface area contributed by atoms with Crippen molar-refractivity contribution >= 4 is 17.4 Å². The summed E-state index contributed by atoms with van der Waals surface area (Å²) < 4.78 is 5.23. The van der Waals surface area contributed by atoms with Crippen molar-refractivity contribution in [1.29, 1.82) is 0 Å². The van der Waals surface area contributed by atoms with E-state index in [1.165, 1.54) is 0 Å². The molecule has 0 aliphatic heterocycles. The standard InChI is InChI=1S/C11H9N3OS/c12-14-13-9-3-5-11(6-4-9)16-8-10-2-1-7-15-10/h1-7H,8H2. The van der Waals surface area contributed by atoms with Crippen molar-refractivity contribution in [3.05, 3.63) is 58.9 Å². The number of rotatable bonds is 4. The van der Waals surface area contributed by atoms with E-state index in [4.69, 9.17) is 9.95 Å². The highest BCUT2D eigenvalue weighted by atomic mass is 32.2. The maximum absolute atomic E-state index is 8.26. The van der Waals surface area contributed by atoms with Crippen molar-refractivity contribution < 1.29 is 4.42 Å².